The molecule has 0 aliphatic carbocycles. The van der Waals surface area contributed by atoms with E-state index in [0.29, 0.717) is 5.16 Å². The molecule has 0 bridgehead atoms. The van der Waals surface area contributed by atoms with E-state index in [-0.39, 0.29) is 17.3 Å². The van der Waals surface area contributed by atoms with Crippen LogP contribution in [-0.4, -0.2) is 21.1 Å². The van der Waals surface area contributed by atoms with Gasteiger partial charge >= 0.3 is 0 Å². The van der Waals surface area contributed by atoms with Crippen molar-refractivity contribution in [2.75, 3.05) is 11.1 Å². The summed E-state index contributed by atoms with van der Waals surface area (Å²) in [6, 6.07) is 7.25. The molecule has 6 nitrogen and oxygen atoms in total. The third kappa shape index (κ3) is 4.38. The lowest BCUT2D eigenvalue weighted by Crippen LogP contribution is -2.24. The van der Waals surface area contributed by atoms with Crippen LogP contribution in [0.2, 0.25) is 0 Å². The van der Waals surface area contributed by atoms with Crippen LogP contribution in [0.5, 0.6) is 0 Å². The minimum Gasteiger partial charge on any atom is -0.383 e. The topological polar surface area (TPSA) is 101 Å². The number of amides is 1. The standard InChI is InChI=1S/C17H22N4O2S/c1-4-11-7-6-8-12(5-2)15(11)21-16(23)10(3)24-17-19-13(18)9-14(22)20-17/h6-10H,4-5H2,1-3H3,(H,21,23)(H3,18,19,20,22)/t10-/m0/s1. The maximum Gasteiger partial charge on any atom is 0.253 e. The number of aromatic amines is 1. The van der Waals surface area contributed by atoms with E-state index in [1.165, 1.54) is 17.8 Å². The van der Waals surface area contributed by atoms with E-state index in [1.54, 1.807) is 6.92 Å². The molecule has 1 amide bonds. The highest BCUT2D eigenvalue weighted by atomic mass is 32.2. The summed E-state index contributed by atoms with van der Waals surface area (Å²) in [6.45, 7) is 5.89. The van der Waals surface area contributed by atoms with Crippen molar-refractivity contribution in [1.29, 1.82) is 0 Å². The number of rotatable bonds is 6. The predicted octanol–water partition coefficient (Wildman–Crippen LogP) is 2.60. The fraction of sp³-hybridized carbons (Fsp3) is 0.353. The molecule has 4 N–H and O–H groups in total. The Hall–Kier alpha value is -2.28. The van der Waals surface area contributed by atoms with Crippen molar-refractivity contribution >= 4 is 29.2 Å². The average molecular weight is 346 g/mol. The van der Waals surface area contributed by atoms with E-state index in [0.717, 1.165) is 29.7 Å². The van der Waals surface area contributed by atoms with Crippen molar-refractivity contribution < 1.29 is 4.79 Å². The number of hydrogen-bond donors (Lipinski definition) is 3. The highest BCUT2D eigenvalue weighted by Crippen LogP contribution is 2.25. The Kier molecular flexibility index (Phi) is 6.03. The van der Waals surface area contributed by atoms with E-state index < -0.39 is 5.25 Å². The van der Waals surface area contributed by atoms with Crippen LogP contribution >= 0.6 is 11.8 Å². The fourth-order valence-corrected chi connectivity index (χ4v) is 3.18. The van der Waals surface area contributed by atoms with Gasteiger partial charge in [-0.2, -0.15) is 0 Å². The van der Waals surface area contributed by atoms with Crippen LogP contribution in [-0.2, 0) is 17.6 Å². The Morgan fingerprint density at radius 3 is 2.50 bits per heavy atom. The molecule has 0 saturated heterocycles. The lowest BCUT2D eigenvalue weighted by molar-refractivity contribution is -0.115. The maximum atomic E-state index is 12.5. The molecule has 0 fully saturated rings. The first kappa shape index (κ1) is 18.1. The molecule has 0 unspecified atom stereocenters. The summed E-state index contributed by atoms with van der Waals surface area (Å²) in [7, 11) is 0. The predicted molar refractivity (Wildman–Crippen MR) is 98.4 cm³/mol. The number of nitrogens with two attached hydrogens (primary N) is 1. The normalized spacial score (nSPS) is 12.0. The average Bonchev–Trinajstić information content (AvgIpc) is 2.53. The minimum absolute atomic E-state index is 0.137. The number of aromatic nitrogens is 2. The van der Waals surface area contributed by atoms with Crippen molar-refractivity contribution in [1.82, 2.24) is 9.97 Å². The van der Waals surface area contributed by atoms with Crippen LogP contribution in [0.4, 0.5) is 11.5 Å². The van der Waals surface area contributed by atoms with Crippen LogP contribution in [0.25, 0.3) is 0 Å². The van der Waals surface area contributed by atoms with Gasteiger partial charge in [-0.25, -0.2) is 4.98 Å². The van der Waals surface area contributed by atoms with Crippen LogP contribution in [0, 0.1) is 0 Å². The highest BCUT2D eigenvalue weighted by molar-refractivity contribution is 8.00. The molecule has 0 aliphatic rings. The molecular weight excluding hydrogens is 324 g/mol. The number of carbonyl (C=O) groups is 1. The van der Waals surface area contributed by atoms with Crippen molar-refractivity contribution in [2.45, 2.75) is 44.0 Å². The Morgan fingerprint density at radius 1 is 1.33 bits per heavy atom. The fourth-order valence-electron chi connectivity index (χ4n) is 2.36. The van der Waals surface area contributed by atoms with Crippen molar-refractivity contribution in [3.63, 3.8) is 0 Å². The molecule has 0 saturated carbocycles. The van der Waals surface area contributed by atoms with E-state index in [1.807, 2.05) is 18.2 Å². The number of nitrogens with zero attached hydrogens (tertiary/aromatic N) is 1. The molecule has 2 aromatic rings. The lowest BCUT2D eigenvalue weighted by atomic mass is 10.0. The van der Waals surface area contributed by atoms with E-state index in [2.05, 4.69) is 29.1 Å². The molecule has 128 valence electrons. The minimum atomic E-state index is -0.426. The van der Waals surface area contributed by atoms with Gasteiger partial charge in [0.1, 0.15) is 5.82 Å². The van der Waals surface area contributed by atoms with Crippen LogP contribution in [0.3, 0.4) is 0 Å². The molecule has 2 rings (SSSR count). The smallest absolute Gasteiger partial charge is 0.253 e. The molecular formula is C17H22N4O2S. The number of nitrogen functional groups attached to an aromatic ring is 1. The van der Waals surface area contributed by atoms with E-state index >= 15 is 0 Å². The van der Waals surface area contributed by atoms with Gasteiger partial charge in [-0.3, -0.25) is 9.59 Å². The molecule has 1 aromatic carbocycles. The van der Waals surface area contributed by atoms with Gasteiger partial charge in [0, 0.05) is 11.8 Å². The Balaban J connectivity index is 2.16. The van der Waals surface area contributed by atoms with Gasteiger partial charge in [0.25, 0.3) is 5.56 Å². The first-order valence-corrected chi connectivity index (χ1v) is 8.77. The molecule has 7 heteroatoms. The zero-order valence-corrected chi connectivity index (χ0v) is 14.9. The monoisotopic (exact) mass is 346 g/mol. The molecule has 1 heterocycles. The Bertz CT molecular complexity index is 766. The van der Waals surface area contributed by atoms with Gasteiger partial charge in [0.05, 0.1) is 5.25 Å². The van der Waals surface area contributed by atoms with Crippen LogP contribution < -0.4 is 16.6 Å². The number of aryl methyl sites for hydroxylation is 2. The molecule has 0 radical (unpaired) electrons. The second-order valence-corrected chi connectivity index (χ2v) is 6.71. The summed E-state index contributed by atoms with van der Waals surface area (Å²) in [5.74, 6) is -0.000806. The van der Waals surface area contributed by atoms with Gasteiger partial charge in [-0.1, -0.05) is 43.8 Å². The SMILES string of the molecule is CCc1cccc(CC)c1NC(=O)[C@H](C)Sc1nc(N)cc(=O)[nH]1. The Morgan fingerprint density at radius 2 is 1.96 bits per heavy atom. The number of hydrogen-bond acceptors (Lipinski definition) is 5. The number of nitrogens with one attached hydrogen (secondary N) is 2. The summed E-state index contributed by atoms with van der Waals surface area (Å²) in [5.41, 5.74) is 8.33. The van der Waals surface area contributed by atoms with Crippen LogP contribution in [0.1, 0.15) is 31.9 Å². The number of H-pyrrole nitrogens is 1. The largest absolute Gasteiger partial charge is 0.383 e. The summed E-state index contributed by atoms with van der Waals surface area (Å²) in [5, 5.41) is 2.93. The van der Waals surface area contributed by atoms with Crippen molar-refractivity contribution in [2.24, 2.45) is 0 Å². The summed E-state index contributed by atoms with van der Waals surface area (Å²) >= 11 is 1.17. The molecule has 0 aliphatic heterocycles. The van der Waals surface area contributed by atoms with Crippen LogP contribution in [0.15, 0.2) is 34.2 Å². The van der Waals surface area contributed by atoms with Crippen molar-refractivity contribution in [3.8, 4) is 0 Å². The third-order valence-electron chi connectivity index (χ3n) is 3.64. The van der Waals surface area contributed by atoms with Gasteiger partial charge in [0.15, 0.2) is 5.16 Å². The second kappa shape index (κ2) is 8.01. The van der Waals surface area contributed by atoms with Gasteiger partial charge in [-0.15, -0.1) is 0 Å². The number of para-hydroxylation sites is 1. The van der Waals surface area contributed by atoms with E-state index in [9.17, 15) is 9.59 Å². The zero-order chi connectivity index (χ0) is 17.7. The number of benzene rings is 1. The number of carbonyl (C=O) groups excluding carboxylic acids is 1. The summed E-state index contributed by atoms with van der Waals surface area (Å²) < 4.78 is 0. The highest BCUT2D eigenvalue weighted by Gasteiger charge is 2.18. The lowest BCUT2D eigenvalue weighted by Gasteiger charge is -2.17. The summed E-state index contributed by atoms with van der Waals surface area (Å²) in [6.07, 6.45) is 1.68. The maximum absolute atomic E-state index is 12.5. The first-order chi connectivity index (χ1) is 11.4. The second-order valence-electron chi connectivity index (χ2n) is 5.38. The molecule has 0 spiro atoms. The third-order valence-corrected chi connectivity index (χ3v) is 4.63. The number of anilines is 2. The molecule has 24 heavy (non-hydrogen) atoms. The zero-order valence-electron chi connectivity index (χ0n) is 14.1. The molecule has 1 aromatic heterocycles. The van der Waals surface area contributed by atoms with Crippen molar-refractivity contribution in [3.05, 3.63) is 45.7 Å². The quantitative estimate of drug-likeness (QED) is 0.551. The van der Waals surface area contributed by atoms with Gasteiger partial charge in [-0.05, 0) is 30.9 Å². The first-order valence-electron chi connectivity index (χ1n) is 7.89. The summed E-state index contributed by atoms with van der Waals surface area (Å²) in [4.78, 5) is 30.6. The molecule has 1 atom stereocenters. The van der Waals surface area contributed by atoms with Gasteiger partial charge < -0.3 is 16.0 Å². The van der Waals surface area contributed by atoms with E-state index in [4.69, 9.17) is 5.73 Å². The number of thioether (sulfide) groups is 1. The van der Waals surface area contributed by atoms with Gasteiger partial charge in [0.2, 0.25) is 5.91 Å². The Labute approximate surface area is 145 Å².